The van der Waals surface area contributed by atoms with Crippen LogP contribution in [-0.2, 0) is 4.74 Å². The van der Waals surface area contributed by atoms with Gasteiger partial charge in [-0.15, -0.1) is 0 Å². The van der Waals surface area contributed by atoms with Gasteiger partial charge in [-0.1, -0.05) is 36.2 Å². The minimum absolute atomic E-state index is 0.00338. The molecule has 2 atom stereocenters. The SMILES string of the molecule is CCN(C(C)COC)C(CN)c1c(Cl)cccc1Cl. The van der Waals surface area contributed by atoms with Crippen molar-refractivity contribution >= 4 is 23.2 Å². The van der Waals surface area contributed by atoms with E-state index in [1.54, 1.807) is 7.11 Å². The van der Waals surface area contributed by atoms with Gasteiger partial charge in [-0.25, -0.2) is 0 Å². The summed E-state index contributed by atoms with van der Waals surface area (Å²) in [6.45, 7) is 6.17. The number of hydrogen-bond acceptors (Lipinski definition) is 3. The predicted octanol–water partition coefficient (Wildman–Crippen LogP) is 3.35. The van der Waals surface area contributed by atoms with Crippen LogP contribution in [0, 0.1) is 0 Å². The Kier molecular flexibility index (Phi) is 7.11. The molecule has 5 heteroatoms. The van der Waals surface area contributed by atoms with E-state index in [0.717, 1.165) is 12.1 Å². The van der Waals surface area contributed by atoms with E-state index >= 15 is 0 Å². The zero-order valence-electron chi connectivity index (χ0n) is 11.7. The van der Waals surface area contributed by atoms with Crippen molar-refractivity contribution in [3.05, 3.63) is 33.8 Å². The number of nitrogens with zero attached hydrogens (tertiary/aromatic N) is 1. The molecule has 2 unspecified atom stereocenters. The molecule has 1 rings (SSSR count). The number of methoxy groups -OCH3 is 1. The molecule has 0 amide bonds. The van der Waals surface area contributed by atoms with Gasteiger partial charge in [0.2, 0.25) is 0 Å². The summed E-state index contributed by atoms with van der Waals surface area (Å²) in [6.07, 6.45) is 0. The Balaban J connectivity index is 3.10. The molecule has 0 aliphatic heterocycles. The molecule has 0 saturated heterocycles. The first kappa shape index (κ1) is 16.7. The van der Waals surface area contributed by atoms with E-state index in [-0.39, 0.29) is 12.1 Å². The molecule has 0 radical (unpaired) electrons. The van der Waals surface area contributed by atoms with E-state index in [4.69, 9.17) is 33.7 Å². The van der Waals surface area contributed by atoms with E-state index in [1.165, 1.54) is 0 Å². The normalized spacial score (nSPS) is 14.7. The summed E-state index contributed by atoms with van der Waals surface area (Å²) in [6, 6.07) is 5.78. The molecule has 0 aliphatic rings. The Hall–Kier alpha value is -0.320. The fourth-order valence-corrected chi connectivity index (χ4v) is 3.07. The predicted molar refractivity (Wildman–Crippen MR) is 82.0 cm³/mol. The molecule has 0 fully saturated rings. The highest BCUT2D eigenvalue weighted by atomic mass is 35.5. The fraction of sp³-hybridized carbons (Fsp3) is 0.571. The zero-order valence-corrected chi connectivity index (χ0v) is 13.2. The van der Waals surface area contributed by atoms with Crippen LogP contribution < -0.4 is 5.73 Å². The van der Waals surface area contributed by atoms with Crippen molar-refractivity contribution in [2.75, 3.05) is 26.8 Å². The third-order valence-electron chi connectivity index (χ3n) is 3.30. The van der Waals surface area contributed by atoms with Crippen LogP contribution in [0.2, 0.25) is 10.0 Å². The minimum Gasteiger partial charge on any atom is -0.383 e. The molecule has 1 aromatic rings. The Morgan fingerprint density at radius 3 is 2.32 bits per heavy atom. The maximum Gasteiger partial charge on any atom is 0.0615 e. The van der Waals surface area contributed by atoms with Gasteiger partial charge >= 0.3 is 0 Å². The van der Waals surface area contributed by atoms with Crippen molar-refractivity contribution in [3.63, 3.8) is 0 Å². The highest BCUT2D eigenvalue weighted by Gasteiger charge is 2.26. The summed E-state index contributed by atoms with van der Waals surface area (Å²) in [7, 11) is 1.70. The van der Waals surface area contributed by atoms with Crippen molar-refractivity contribution in [2.24, 2.45) is 5.73 Å². The fourth-order valence-electron chi connectivity index (χ4n) is 2.42. The summed E-state index contributed by atoms with van der Waals surface area (Å²) in [4.78, 5) is 2.26. The monoisotopic (exact) mass is 304 g/mol. The number of likely N-dealkylation sites (N-methyl/N-ethyl adjacent to an activating group) is 1. The van der Waals surface area contributed by atoms with Crippen LogP contribution in [0.3, 0.4) is 0 Å². The highest BCUT2D eigenvalue weighted by Crippen LogP contribution is 2.34. The Morgan fingerprint density at radius 1 is 1.32 bits per heavy atom. The van der Waals surface area contributed by atoms with Crippen molar-refractivity contribution in [1.29, 1.82) is 0 Å². The average molecular weight is 305 g/mol. The number of rotatable bonds is 7. The van der Waals surface area contributed by atoms with Crippen molar-refractivity contribution in [1.82, 2.24) is 4.90 Å². The van der Waals surface area contributed by atoms with E-state index in [2.05, 4.69) is 18.7 Å². The molecular weight excluding hydrogens is 283 g/mol. The van der Waals surface area contributed by atoms with Crippen LogP contribution in [0.1, 0.15) is 25.5 Å². The number of benzene rings is 1. The first-order valence-corrected chi connectivity index (χ1v) is 7.21. The lowest BCUT2D eigenvalue weighted by atomic mass is 10.0. The molecule has 0 aromatic heterocycles. The van der Waals surface area contributed by atoms with Gasteiger partial charge in [0, 0.05) is 35.3 Å². The molecule has 1 aromatic carbocycles. The van der Waals surface area contributed by atoms with Gasteiger partial charge in [-0.05, 0) is 25.6 Å². The van der Waals surface area contributed by atoms with Gasteiger partial charge in [0.05, 0.1) is 12.6 Å². The number of hydrogen-bond donors (Lipinski definition) is 1. The van der Waals surface area contributed by atoms with Gasteiger partial charge in [-0.3, -0.25) is 4.90 Å². The summed E-state index contributed by atoms with van der Waals surface area (Å²) in [5, 5.41) is 1.32. The number of nitrogens with two attached hydrogens (primary N) is 1. The van der Waals surface area contributed by atoms with Crippen LogP contribution in [0.4, 0.5) is 0 Å². The van der Waals surface area contributed by atoms with Crippen LogP contribution >= 0.6 is 23.2 Å². The number of halogens is 2. The summed E-state index contributed by atoms with van der Waals surface area (Å²) < 4.78 is 5.23. The topological polar surface area (TPSA) is 38.5 Å². The molecule has 0 saturated carbocycles. The lowest BCUT2D eigenvalue weighted by Gasteiger charge is -2.35. The van der Waals surface area contributed by atoms with Gasteiger partial charge < -0.3 is 10.5 Å². The Morgan fingerprint density at radius 2 is 1.89 bits per heavy atom. The third kappa shape index (κ3) is 4.07. The summed E-state index contributed by atoms with van der Waals surface area (Å²) >= 11 is 12.6. The van der Waals surface area contributed by atoms with E-state index < -0.39 is 0 Å². The molecule has 0 aliphatic carbocycles. The van der Waals surface area contributed by atoms with Gasteiger partial charge in [0.25, 0.3) is 0 Å². The quantitative estimate of drug-likeness (QED) is 0.839. The van der Waals surface area contributed by atoms with Crippen molar-refractivity contribution in [3.8, 4) is 0 Å². The van der Waals surface area contributed by atoms with Crippen LogP contribution in [0.5, 0.6) is 0 Å². The second kappa shape index (κ2) is 8.08. The maximum absolute atomic E-state index is 6.29. The molecule has 0 heterocycles. The highest BCUT2D eigenvalue weighted by molar-refractivity contribution is 6.36. The van der Waals surface area contributed by atoms with E-state index in [0.29, 0.717) is 23.2 Å². The average Bonchev–Trinajstić information content (AvgIpc) is 2.37. The molecule has 3 nitrogen and oxygen atoms in total. The summed E-state index contributed by atoms with van der Waals surface area (Å²) in [5.41, 5.74) is 6.85. The first-order chi connectivity index (χ1) is 9.06. The largest absolute Gasteiger partial charge is 0.383 e. The minimum atomic E-state index is -0.00338. The second-order valence-electron chi connectivity index (χ2n) is 4.52. The summed E-state index contributed by atoms with van der Waals surface area (Å²) in [5.74, 6) is 0. The van der Waals surface area contributed by atoms with Gasteiger partial charge in [0.15, 0.2) is 0 Å². The molecule has 0 spiro atoms. The smallest absolute Gasteiger partial charge is 0.0615 e. The van der Waals surface area contributed by atoms with Crippen molar-refractivity contribution in [2.45, 2.75) is 25.9 Å². The number of ether oxygens (including phenoxy) is 1. The van der Waals surface area contributed by atoms with Crippen LogP contribution in [0.15, 0.2) is 18.2 Å². The van der Waals surface area contributed by atoms with Crippen molar-refractivity contribution < 1.29 is 4.74 Å². The Bertz CT molecular complexity index is 381. The van der Waals surface area contributed by atoms with E-state index in [9.17, 15) is 0 Å². The Labute approximate surface area is 125 Å². The molecule has 19 heavy (non-hydrogen) atoms. The van der Waals surface area contributed by atoms with E-state index in [1.807, 2.05) is 18.2 Å². The molecular formula is C14H22Cl2N2O. The third-order valence-corrected chi connectivity index (χ3v) is 3.95. The second-order valence-corrected chi connectivity index (χ2v) is 5.34. The maximum atomic E-state index is 6.29. The van der Waals surface area contributed by atoms with Gasteiger partial charge in [-0.2, -0.15) is 0 Å². The lowest BCUT2D eigenvalue weighted by molar-refractivity contribution is 0.0752. The molecule has 0 bridgehead atoms. The first-order valence-electron chi connectivity index (χ1n) is 6.45. The van der Waals surface area contributed by atoms with Gasteiger partial charge in [0.1, 0.15) is 0 Å². The molecule has 2 N–H and O–H groups in total. The molecule has 108 valence electrons. The van der Waals surface area contributed by atoms with Crippen LogP contribution in [0.25, 0.3) is 0 Å². The standard InChI is InChI=1S/C14H22Cl2N2O/c1-4-18(10(2)9-19-3)13(8-17)14-11(15)6-5-7-12(14)16/h5-7,10,13H,4,8-9,17H2,1-3H3. The zero-order chi connectivity index (χ0) is 14.4. The van der Waals surface area contributed by atoms with Crippen LogP contribution in [-0.4, -0.2) is 37.7 Å². The lowest BCUT2D eigenvalue weighted by Crippen LogP contribution is -2.42.